The van der Waals surface area contributed by atoms with Crippen molar-refractivity contribution in [3.05, 3.63) is 22.2 Å². The Morgan fingerprint density at radius 1 is 1.35 bits per heavy atom. The lowest BCUT2D eigenvalue weighted by Crippen LogP contribution is -2.31. The zero-order valence-electron chi connectivity index (χ0n) is 11.8. The van der Waals surface area contributed by atoms with E-state index in [4.69, 9.17) is 14.2 Å². The topological polar surface area (TPSA) is 51.2 Å². The molecule has 0 radical (unpaired) electrons. The van der Waals surface area contributed by atoms with Gasteiger partial charge in [0.15, 0.2) is 11.5 Å². The van der Waals surface area contributed by atoms with Gasteiger partial charge in [-0.1, -0.05) is 15.9 Å². The van der Waals surface area contributed by atoms with E-state index in [1.165, 1.54) is 0 Å². The van der Waals surface area contributed by atoms with Crippen molar-refractivity contribution in [2.75, 3.05) is 40.5 Å². The van der Waals surface area contributed by atoms with Gasteiger partial charge in [-0.25, -0.2) is 0 Å². The van der Waals surface area contributed by atoms with E-state index in [0.717, 1.165) is 21.5 Å². The van der Waals surface area contributed by atoms with E-state index in [9.17, 15) is 5.11 Å². The van der Waals surface area contributed by atoms with E-state index in [1.807, 2.05) is 24.1 Å². The van der Waals surface area contributed by atoms with Crippen molar-refractivity contribution < 1.29 is 19.3 Å². The van der Waals surface area contributed by atoms with Crippen LogP contribution in [0.2, 0.25) is 0 Å². The number of nitrogens with zero attached hydrogens (tertiary/aromatic N) is 1. The number of methoxy groups -OCH3 is 1. The van der Waals surface area contributed by atoms with Crippen LogP contribution in [0.3, 0.4) is 0 Å². The summed E-state index contributed by atoms with van der Waals surface area (Å²) < 4.78 is 17.0. The van der Waals surface area contributed by atoms with Gasteiger partial charge in [0.25, 0.3) is 0 Å². The number of benzene rings is 1. The van der Waals surface area contributed by atoms with E-state index in [0.29, 0.717) is 32.9 Å². The number of rotatable bonds is 6. The van der Waals surface area contributed by atoms with Crippen molar-refractivity contribution in [3.8, 4) is 11.5 Å². The average Bonchev–Trinajstić information content (AvgIpc) is 2.39. The average molecular weight is 346 g/mol. The molecule has 0 spiro atoms. The van der Waals surface area contributed by atoms with Crippen LogP contribution in [0.1, 0.15) is 5.56 Å². The maximum Gasteiger partial charge on any atom is 0.162 e. The molecule has 1 N–H and O–H groups in total. The lowest BCUT2D eigenvalue weighted by Gasteiger charge is -2.23. The normalized spacial score (nSPS) is 15.4. The Bertz CT molecular complexity index is 455. The Hall–Kier alpha value is -0.820. The largest absolute Gasteiger partial charge is 0.486 e. The molecule has 0 aliphatic carbocycles. The predicted molar refractivity (Wildman–Crippen MR) is 79.3 cm³/mol. The van der Waals surface area contributed by atoms with Gasteiger partial charge in [-0.15, -0.1) is 0 Å². The highest BCUT2D eigenvalue weighted by Crippen LogP contribution is 2.35. The molecule has 0 saturated carbocycles. The summed E-state index contributed by atoms with van der Waals surface area (Å²) in [5.74, 6) is 1.55. The summed E-state index contributed by atoms with van der Waals surface area (Å²) in [5, 5.41) is 9.74. The second kappa shape index (κ2) is 7.26. The second-order valence-corrected chi connectivity index (χ2v) is 5.75. The van der Waals surface area contributed by atoms with Gasteiger partial charge in [-0.05, 0) is 24.7 Å². The molecule has 1 atom stereocenters. The van der Waals surface area contributed by atoms with Gasteiger partial charge in [0.1, 0.15) is 13.2 Å². The summed E-state index contributed by atoms with van der Waals surface area (Å²) in [6, 6.07) is 3.92. The van der Waals surface area contributed by atoms with Gasteiger partial charge in [0.05, 0.1) is 12.7 Å². The Balaban J connectivity index is 2.01. The minimum Gasteiger partial charge on any atom is -0.486 e. The Labute approximate surface area is 127 Å². The summed E-state index contributed by atoms with van der Waals surface area (Å²) in [6.07, 6.45) is -0.485. The number of aliphatic hydroxyl groups excluding tert-OH is 1. The molecule has 0 bridgehead atoms. The molecule has 1 aromatic rings. The van der Waals surface area contributed by atoms with E-state index >= 15 is 0 Å². The summed E-state index contributed by atoms with van der Waals surface area (Å²) in [4.78, 5) is 2.04. The maximum absolute atomic E-state index is 9.74. The van der Waals surface area contributed by atoms with Crippen molar-refractivity contribution in [2.24, 2.45) is 0 Å². The third-order valence-corrected chi connectivity index (χ3v) is 3.77. The van der Waals surface area contributed by atoms with Crippen LogP contribution in [-0.4, -0.2) is 56.6 Å². The van der Waals surface area contributed by atoms with E-state index in [-0.39, 0.29) is 0 Å². The minimum absolute atomic E-state index is 0.340. The lowest BCUT2D eigenvalue weighted by molar-refractivity contribution is 0.0418. The van der Waals surface area contributed by atoms with Gasteiger partial charge in [0.2, 0.25) is 0 Å². The molecule has 2 rings (SSSR count). The first-order chi connectivity index (χ1) is 9.60. The van der Waals surface area contributed by atoms with Crippen LogP contribution in [0, 0.1) is 0 Å². The van der Waals surface area contributed by atoms with Crippen LogP contribution in [0.5, 0.6) is 11.5 Å². The van der Waals surface area contributed by atoms with Gasteiger partial charge < -0.3 is 19.3 Å². The number of fused-ring (bicyclic) bond motifs is 1. The fourth-order valence-corrected chi connectivity index (χ4v) is 2.64. The van der Waals surface area contributed by atoms with Crippen LogP contribution in [-0.2, 0) is 11.3 Å². The van der Waals surface area contributed by atoms with Crippen molar-refractivity contribution >= 4 is 15.9 Å². The molecule has 112 valence electrons. The minimum atomic E-state index is -0.485. The molecule has 1 aliphatic rings. The van der Waals surface area contributed by atoms with E-state index in [1.54, 1.807) is 7.11 Å². The highest BCUT2D eigenvalue weighted by molar-refractivity contribution is 9.10. The molecule has 1 aromatic carbocycles. The number of hydrogen-bond acceptors (Lipinski definition) is 5. The van der Waals surface area contributed by atoms with E-state index in [2.05, 4.69) is 15.9 Å². The highest BCUT2D eigenvalue weighted by Gasteiger charge is 2.16. The first-order valence-electron chi connectivity index (χ1n) is 6.53. The maximum atomic E-state index is 9.74. The summed E-state index contributed by atoms with van der Waals surface area (Å²) in [5.41, 5.74) is 1.10. The molecule has 0 aromatic heterocycles. The Kier molecular flexibility index (Phi) is 5.65. The zero-order valence-corrected chi connectivity index (χ0v) is 13.4. The summed E-state index contributed by atoms with van der Waals surface area (Å²) >= 11 is 3.55. The molecular formula is C14H20BrNO4. The smallest absolute Gasteiger partial charge is 0.162 e. The lowest BCUT2D eigenvalue weighted by atomic mass is 10.1. The van der Waals surface area contributed by atoms with Crippen LogP contribution >= 0.6 is 15.9 Å². The number of ether oxygens (including phenoxy) is 3. The van der Waals surface area contributed by atoms with Gasteiger partial charge in [-0.2, -0.15) is 0 Å². The SMILES string of the molecule is COCC(O)CN(C)Cc1cc2c(cc1Br)OCCO2. The molecule has 0 saturated heterocycles. The first-order valence-corrected chi connectivity index (χ1v) is 7.33. The predicted octanol–water partition coefficient (Wildman–Crippen LogP) is 1.66. The molecule has 1 unspecified atom stereocenters. The molecule has 6 heteroatoms. The number of hydrogen-bond donors (Lipinski definition) is 1. The number of halogens is 1. The zero-order chi connectivity index (χ0) is 14.5. The third kappa shape index (κ3) is 4.09. The van der Waals surface area contributed by atoms with Crippen LogP contribution in [0.4, 0.5) is 0 Å². The molecule has 0 fully saturated rings. The Morgan fingerprint density at radius 2 is 2.00 bits per heavy atom. The van der Waals surface area contributed by atoms with E-state index < -0.39 is 6.10 Å². The van der Waals surface area contributed by atoms with Crippen LogP contribution in [0.15, 0.2) is 16.6 Å². The fourth-order valence-electron chi connectivity index (χ4n) is 2.19. The summed E-state index contributed by atoms with van der Waals surface area (Å²) in [6.45, 7) is 2.76. The molecule has 20 heavy (non-hydrogen) atoms. The molecular weight excluding hydrogens is 326 g/mol. The van der Waals surface area contributed by atoms with Crippen molar-refractivity contribution in [1.82, 2.24) is 4.90 Å². The van der Waals surface area contributed by atoms with Gasteiger partial charge in [-0.3, -0.25) is 4.90 Å². The first kappa shape index (κ1) is 15.6. The van der Waals surface area contributed by atoms with Crippen molar-refractivity contribution in [1.29, 1.82) is 0 Å². The third-order valence-electron chi connectivity index (χ3n) is 3.03. The summed E-state index contributed by atoms with van der Waals surface area (Å²) in [7, 11) is 3.54. The quantitative estimate of drug-likeness (QED) is 0.849. The van der Waals surface area contributed by atoms with Crippen LogP contribution < -0.4 is 9.47 Å². The molecule has 1 aliphatic heterocycles. The number of aliphatic hydroxyl groups is 1. The molecule has 1 heterocycles. The fraction of sp³-hybridized carbons (Fsp3) is 0.571. The molecule has 0 amide bonds. The number of likely N-dealkylation sites (N-methyl/N-ethyl adjacent to an activating group) is 1. The van der Waals surface area contributed by atoms with Crippen molar-refractivity contribution in [2.45, 2.75) is 12.6 Å². The van der Waals surface area contributed by atoms with Crippen molar-refractivity contribution in [3.63, 3.8) is 0 Å². The Morgan fingerprint density at radius 3 is 2.65 bits per heavy atom. The van der Waals surface area contributed by atoms with Gasteiger partial charge in [0, 0.05) is 24.7 Å². The molecule has 5 nitrogen and oxygen atoms in total. The van der Waals surface area contributed by atoms with Crippen LogP contribution in [0.25, 0.3) is 0 Å². The standard InChI is InChI=1S/C14H20BrNO4/c1-16(8-11(17)9-18-2)7-10-5-13-14(6-12(10)15)20-4-3-19-13/h5-6,11,17H,3-4,7-9H2,1-2H3. The monoisotopic (exact) mass is 345 g/mol. The highest BCUT2D eigenvalue weighted by atomic mass is 79.9. The second-order valence-electron chi connectivity index (χ2n) is 4.89. The van der Waals surface area contributed by atoms with Gasteiger partial charge >= 0.3 is 0 Å².